The van der Waals surface area contributed by atoms with Crippen LogP contribution < -0.4 is 30.7 Å². The van der Waals surface area contributed by atoms with E-state index in [0.717, 1.165) is 25.0 Å². The van der Waals surface area contributed by atoms with Gasteiger partial charge >= 0.3 is 0 Å². The largest absolute Gasteiger partial charge is 0.493 e. The lowest BCUT2D eigenvalue weighted by atomic mass is 10.1. The third-order valence-electron chi connectivity index (χ3n) is 9.78. The van der Waals surface area contributed by atoms with Gasteiger partial charge in [0.1, 0.15) is 22.9 Å². The van der Waals surface area contributed by atoms with Crippen LogP contribution in [0.2, 0.25) is 10.0 Å². The first-order valence-electron chi connectivity index (χ1n) is 21.1. The van der Waals surface area contributed by atoms with Crippen LogP contribution >= 0.6 is 58.0 Å². The first-order chi connectivity index (χ1) is 33.1. The number of carbonyl (C=O) groups is 6. The molecule has 0 heterocycles. The third kappa shape index (κ3) is 14.8. The maximum Gasteiger partial charge on any atom is 0.258 e. The van der Waals surface area contributed by atoms with Gasteiger partial charge in [0.15, 0.2) is 11.6 Å². The minimum absolute atomic E-state index is 0.0176. The molecule has 16 nitrogen and oxygen atoms in total. The van der Waals surface area contributed by atoms with Crippen LogP contribution in [0.15, 0.2) is 111 Å². The summed E-state index contributed by atoms with van der Waals surface area (Å²) in [6, 6.07) is 19.8. The van der Waals surface area contributed by atoms with E-state index in [1.165, 1.54) is 54.6 Å². The number of anilines is 4. The second kappa shape index (κ2) is 25.8. The molecule has 0 bridgehead atoms. The first-order valence-corrected chi connectivity index (χ1v) is 23.4. The molecule has 0 aliphatic rings. The van der Waals surface area contributed by atoms with Crippen molar-refractivity contribution in [3.05, 3.63) is 129 Å². The number of Topliss-reactive ketones (excluding diaryl/α,β-unsaturated/α-hetero) is 2. The molecule has 5 aromatic carbocycles. The lowest BCUT2D eigenvalue weighted by Gasteiger charge is -2.15. The van der Waals surface area contributed by atoms with Crippen molar-refractivity contribution in [1.82, 2.24) is 0 Å². The van der Waals surface area contributed by atoms with Gasteiger partial charge in [-0.05, 0) is 106 Å². The predicted octanol–water partition coefficient (Wildman–Crippen LogP) is 11.9. The number of hydrogen-bond acceptors (Lipinski definition) is 12. The Balaban J connectivity index is 1.27. The number of amides is 4. The highest BCUT2D eigenvalue weighted by atomic mass is 35.5. The molecule has 5 aromatic rings. The molecule has 0 radical (unpaired) electrons. The van der Waals surface area contributed by atoms with Gasteiger partial charge in [-0.1, -0.05) is 35.3 Å². The normalized spacial score (nSPS) is 12.0. The van der Waals surface area contributed by atoms with Gasteiger partial charge < -0.3 is 30.7 Å². The fourth-order valence-electron chi connectivity index (χ4n) is 6.32. The zero-order valence-electron chi connectivity index (χ0n) is 37.5. The van der Waals surface area contributed by atoms with Gasteiger partial charge in [0.25, 0.3) is 23.6 Å². The van der Waals surface area contributed by atoms with E-state index >= 15 is 0 Å². The summed E-state index contributed by atoms with van der Waals surface area (Å²) in [5.74, 6) is -2.40. The number of azo groups is 2. The summed E-state index contributed by atoms with van der Waals surface area (Å²) in [7, 11) is 0. The number of ketones is 2. The summed E-state index contributed by atoms with van der Waals surface area (Å²) in [6.45, 7) is 6.78. The molecule has 0 aliphatic carbocycles. The number of hydrogen-bond donors (Lipinski definition) is 4. The first kappa shape index (κ1) is 53.5. The smallest absolute Gasteiger partial charge is 0.258 e. The van der Waals surface area contributed by atoms with Crippen LogP contribution in [0.3, 0.4) is 0 Å². The standard InChI is InChI=1S/C48H45Cl5N8O8/c1-5-68-41-22-34(11-7-31(41)24-50)54-45(64)29-9-14-36(52)39(20-29)58-60-43(26(3)62)47(66)56-33-13-16-38(28(19-33)17-18-49)57-48(67)44(27(4)63)61-59-40-21-30(10-15-37(40)53)46(65)55-35-12-8-32(25-51)42(23-35)69-6-2/h7-16,19-23,43-44H,5-6,17-18,24-25H2,1-4H3,(H,54,64)(H,55,65)(H,56,66)(H,57,67). The number of alkyl halides is 3. The zero-order chi connectivity index (χ0) is 50.2. The molecular formula is C48H45Cl5N8O8. The van der Waals surface area contributed by atoms with Gasteiger partial charge in [-0.25, -0.2) is 0 Å². The number of nitrogens with zero attached hydrogens (tertiary/aromatic N) is 4. The van der Waals surface area contributed by atoms with Crippen molar-refractivity contribution in [2.45, 2.75) is 58.0 Å². The van der Waals surface area contributed by atoms with Crippen molar-refractivity contribution in [3.8, 4) is 11.5 Å². The van der Waals surface area contributed by atoms with Crippen LogP contribution in [0.5, 0.6) is 11.5 Å². The van der Waals surface area contributed by atoms with E-state index in [1.54, 1.807) is 36.4 Å². The van der Waals surface area contributed by atoms with Crippen molar-refractivity contribution < 1.29 is 38.2 Å². The zero-order valence-corrected chi connectivity index (χ0v) is 41.3. The molecule has 360 valence electrons. The van der Waals surface area contributed by atoms with Crippen molar-refractivity contribution in [3.63, 3.8) is 0 Å². The van der Waals surface area contributed by atoms with Gasteiger partial charge in [0.05, 0.1) is 35.0 Å². The number of benzene rings is 5. The highest BCUT2D eigenvalue weighted by Crippen LogP contribution is 2.32. The Bertz CT molecular complexity index is 2810. The summed E-state index contributed by atoms with van der Waals surface area (Å²) >= 11 is 30.9. The van der Waals surface area contributed by atoms with Crippen molar-refractivity contribution in [1.29, 1.82) is 0 Å². The van der Waals surface area contributed by atoms with Crippen molar-refractivity contribution >= 4 is 127 Å². The molecule has 0 saturated heterocycles. The van der Waals surface area contributed by atoms with Crippen LogP contribution in [-0.2, 0) is 37.4 Å². The van der Waals surface area contributed by atoms with E-state index in [2.05, 4.69) is 41.7 Å². The monoisotopic (exact) mass is 1040 g/mol. The quantitative estimate of drug-likeness (QED) is 0.0296. The summed E-state index contributed by atoms with van der Waals surface area (Å²) in [6.07, 6.45) is 0.200. The summed E-state index contributed by atoms with van der Waals surface area (Å²) in [5.41, 5.74) is 3.68. The van der Waals surface area contributed by atoms with E-state index in [-0.39, 0.29) is 68.0 Å². The summed E-state index contributed by atoms with van der Waals surface area (Å²) < 4.78 is 11.3. The van der Waals surface area contributed by atoms with Crippen LogP contribution in [0, 0.1) is 0 Å². The molecule has 0 fully saturated rings. The Morgan fingerprint density at radius 1 is 0.536 bits per heavy atom. The van der Waals surface area contributed by atoms with E-state index in [4.69, 9.17) is 67.5 Å². The summed E-state index contributed by atoms with van der Waals surface area (Å²) in [4.78, 5) is 78.8. The fraction of sp³-hybridized carbons (Fsp3) is 0.250. The topological polar surface area (TPSA) is 218 Å². The Morgan fingerprint density at radius 3 is 1.39 bits per heavy atom. The average molecular weight is 1040 g/mol. The van der Waals surface area contributed by atoms with Gasteiger partial charge in [0, 0.05) is 63.0 Å². The Labute approximate surface area is 422 Å². The van der Waals surface area contributed by atoms with E-state index in [9.17, 15) is 28.8 Å². The number of ether oxygens (including phenoxy) is 2. The molecule has 0 aromatic heterocycles. The maximum absolute atomic E-state index is 13.5. The molecular weight excluding hydrogens is 994 g/mol. The second-order valence-corrected chi connectivity index (χ2v) is 16.5. The van der Waals surface area contributed by atoms with Crippen molar-refractivity contribution in [2.75, 3.05) is 40.4 Å². The number of nitrogens with one attached hydrogen (secondary N) is 4. The molecule has 2 unspecified atom stereocenters. The van der Waals surface area contributed by atoms with Gasteiger partial charge in [-0.2, -0.15) is 20.5 Å². The molecule has 4 N–H and O–H groups in total. The lowest BCUT2D eigenvalue weighted by Crippen LogP contribution is -2.32. The van der Waals surface area contributed by atoms with E-state index in [0.29, 0.717) is 41.7 Å². The molecule has 0 saturated carbocycles. The molecule has 0 aliphatic heterocycles. The number of aryl methyl sites for hydroxylation is 1. The number of carbonyl (C=O) groups excluding carboxylic acids is 6. The Morgan fingerprint density at radius 2 is 0.971 bits per heavy atom. The highest BCUT2D eigenvalue weighted by Gasteiger charge is 2.26. The lowest BCUT2D eigenvalue weighted by molar-refractivity contribution is -0.127. The van der Waals surface area contributed by atoms with E-state index < -0.39 is 47.3 Å². The fourth-order valence-corrected chi connectivity index (χ4v) is 7.28. The van der Waals surface area contributed by atoms with Crippen molar-refractivity contribution in [2.24, 2.45) is 20.5 Å². The molecule has 2 atom stereocenters. The minimum atomic E-state index is -1.63. The SMILES string of the molecule is CCOc1cc(NC(=O)c2ccc(Cl)c(N=NC(C(C)=O)C(=O)Nc3ccc(NC(=O)C(N=Nc4cc(C(=O)Nc5ccc(CCl)c(OCC)c5)ccc4Cl)C(C)=O)c(CCCl)c3)c2)ccc1CCl. The van der Waals surface area contributed by atoms with Crippen LogP contribution in [-0.4, -0.2) is 66.4 Å². The maximum atomic E-state index is 13.5. The molecule has 69 heavy (non-hydrogen) atoms. The van der Waals surface area contributed by atoms with Gasteiger partial charge in [-0.15, -0.1) is 34.8 Å². The van der Waals surface area contributed by atoms with Crippen LogP contribution in [0.25, 0.3) is 0 Å². The Kier molecular flexibility index (Phi) is 20.0. The van der Waals surface area contributed by atoms with Gasteiger partial charge in [0.2, 0.25) is 12.1 Å². The number of halogens is 5. The van der Waals surface area contributed by atoms with E-state index in [1.807, 2.05) is 13.8 Å². The third-order valence-corrected chi connectivity index (χ3v) is 11.2. The molecule has 0 spiro atoms. The highest BCUT2D eigenvalue weighted by molar-refractivity contribution is 6.33. The predicted molar refractivity (Wildman–Crippen MR) is 269 cm³/mol. The second-order valence-electron chi connectivity index (χ2n) is 14.8. The van der Waals surface area contributed by atoms with Crippen LogP contribution in [0.4, 0.5) is 34.1 Å². The average Bonchev–Trinajstić information content (AvgIpc) is 3.31. The van der Waals surface area contributed by atoms with Gasteiger partial charge in [-0.3, -0.25) is 28.8 Å². The number of rotatable bonds is 22. The molecule has 4 amide bonds. The minimum Gasteiger partial charge on any atom is -0.493 e. The van der Waals surface area contributed by atoms with Crippen LogP contribution in [0.1, 0.15) is 65.1 Å². The molecule has 5 rings (SSSR count). The Hall–Kier alpha value is -6.43. The molecule has 21 heteroatoms. The summed E-state index contributed by atoms with van der Waals surface area (Å²) in [5, 5.41) is 27.2.